The zero-order chi connectivity index (χ0) is 27.2. The van der Waals surface area contributed by atoms with E-state index in [1.54, 1.807) is 0 Å². The number of hydroxylamine groups is 2. The summed E-state index contributed by atoms with van der Waals surface area (Å²) in [4.78, 5) is 44.0. The molecule has 3 rings (SSSR count). The largest absolute Gasteiger partial charge is 0.459 e. The highest BCUT2D eigenvalue weighted by atomic mass is 16.7. The Kier molecular flexibility index (Phi) is 11.5. The number of benzene rings is 3. The van der Waals surface area contributed by atoms with Gasteiger partial charge in [0.05, 0.1) is 12.5 Å². The number of carbonyl (C=O) groups excluding carboxylic acids is 3. The first-order valence-electron chi connectivity index (χ1n) is 12.9. The maximum atomic E-state index is 13.5. The van der Waals surface area contributed by atoms with Crippen molar-refractivity contribution in [2.75, 3.05) is 6.54 Å². The van der Waals surface area contributed by atoms with Crippen molar-refractivity contribution in [1.82, 2.24) is 10.4 Å². The van der Waals surface area contributed by atoms with Gasteiger partial charge >= 0.3 is 5.97 Å². The Morgan fingerprint density at radius 1 is 0.816 bits per heavy atom. The molecule has 0 bridgehead atoms. The Hall–Kier alpha value is -3.97. The van der Waals surface area contributed by atoms with Crippen molar-refractivity contribution in [1.29, 1.82) is 0 Å². The second kappa shape index (κ2) is 15.3. The van der Waals surface area contributed by atoms with E-state index in [1.807, 2.05) is 105 Å². The molecule has 200 valence electrons. The summed E-state index contributed by atoms with van der Waals surface area (Å²) in [5.41, 5.74) is 2.71. The van der Waals surface area contributed by atoms with E-state index >= 15 is 0 Å². The zero-order valence-electron chi connectivity index (χ0n) is 22.0. The number of hydrogen-bond acceptors (Lipinski definition) is 5. The van der Waals surface area contributed by atoms with Crippen LogP contribution in [0.5, 0.6) is 0 Å². The number of rotatable bonds is 15. The lowest BCUT2D eigenvalue weighted by Gasteiger charge is -2.26. The van der Waals surface area contributed by atoms with Crippen LogP contribution in [0.25, 0.3) is 0 Å². The van der Waals surface area contributed by atoms with Gasteiger partial charge < -0.3 is 10.1 Å². The Balaban J connectivity index is 1.70. The van der Waals surface area contributed by atoms with Crippen LogP contribution < -0.4 is 5.32 Å². The van der Waals surface area contributed by atoms with E-state index in [1.165, 1.54) is 0 Å². The lowest BCUT2D eigenvalue weighted by molar-refractivity contribution is -0.182. The minimum atomic E-state index is -0.806. The lowest BCUT2D eigenvalue weighted by Crippen LogP contribution is -2.48. The van der Waals surface area contributed by atoms with Gasteiger partial charge in [-0.05, 0) is 35.4 Å². The van der Waals surface area contributed by atoms with Gasteiger partial charge in [0.15, 0.2) is 0 Å². The molecule has 0 aromatic heterocycles. The van der Waals surface area contributed by atoms with Crippen LogP contribution in [0.2, 0.25) is 0 Å². The van der Waals surface area contributed by atoms with Crippen molar-refractivity contribution >= 4 is 18.3 Å². The van der Waals surface area contributed by atoms with Crippen molar-refractivity contribution in [3.8, 4) is 0 Å². The number of ether oxygens (including phenoxy) is 1. The van der Waals surface area contributed by atoms with Gasteiger partial charge in [0, 0.05) is 0 Å². The fourth-order valence-electron chi connectivity index (χ4n) is 4.02. The summed E-state index contributed by atoms with van der Waals surface area (Å²) >= 11 is 0. The first-order valence-corrected chi connectivity index (χ1v) is 12.9. The molecular formula is C31H36N2O5. The van der Waals surface area contributed by atoms with E-state index in [-0.39, 0.29) is 31.6 Å². The Morgan fingerprint density at radius 2 is 1.34 bits per heavy atom. The third-order valence-corrected chi connectivity index (χ3v) is 5.99. The summed E-state index contributed by atoms with van der Waals surface area (Å²) in [6.07, 6.45) is 1.38. The van der Waals surface area contributed by atoms with E-state index in [9.17, 15) is 14.4 Å². The van der Waals surface area contributed by atoms with Crippen LogP contribution in [-0.4, -0.2) is 35.9 Å². The average molecular weight is 517 g/mol. The van der Waals surface area contributed by atoms with E-state index in [0.717, 1.165) is 21.8 Å². The van der Waals surface area contributed by atoms with E-state index in [2.05, 4.69) is 5.32 Å². The molecule has 2 atom stereocenters. The number of carbonyl (C=O) groups is 3. The van der Waals surface area contributed by atoms with Crippen molar-refractivity contribution in [3.05, 3.63) is 108 Å². The highest BCUT2D eigenvalue weighted by Gasteiger charge is 2.29. The monoisotopic (exact) mass is 516 g/mol. The molecule has 0 spiro atoms. The molecule has 0 heterocycles. The lowest BCUT2D eigenvalue weighted by atomic mass is 9.96. The van der Waals surface area contributed by atoms with E-state index in [4.69, 9.17) is 9.57 Å². The highest BCUT2D eigenvalue weighted by Crippen LogP contribution is 2.15. The molecule has 3 aromatic rings. The van der Waals surface area contributed by atoms with Gasteiger partial charge in [-0.2, -0.15) is 0 Å². The third kappa shape index (κ3) is 9.82. The maximum Gasteiger partial charge on any atom is 0.328 e. The quantitative estimate of drug-likeness (QED) is 0.180. The molecule has 0 aliphatic rings. The van der Waals surface area contributed by atoms with Crippen LogP contribution in [0.15, 0.2) is 91.0 Å². The predicted molar refractivity (Wildman–Crippen MR) is 145 cm³/mol. The molecule has 3 aromatic carbocycles. The van der Waals surface area contributed by atoms with Crippen LogP contribution in [0.3, 0.4) is 0 Å². The minimum absolute atomic E-state index is 0.0323. The smallest absolute Gasteiger partial charge is 0.328 e. The molecule has 1 unspecified atom stereocenters. The minimum Gasteiger partial charge on any atom is -0.459 e. The number of esters is 1. The van der Waals surface area contributed by atoms with Gasteiger partial charge in [0.2, 0.25) is 12.3 Å². The number of amides is 2. The van der Waals surface area contributed by atoms with E-state index in [0.29, 0.717) is 19.3 Å². The molecular weight excluding hydrogens is 480 g/mol. The second-order valence-electron chi connectivity index (χ2n) is 9.63. The van der Waals surface area contributed by atoms with Gasteiger partial charge in [-0.1, -0.05) is 105 Å². The summed E-state index contributed by atoms with van der Waals surface area (Å²) < 4.78 is 5.53. The number of nitrogens with zero attached hydrogens (tertiary/aromatic N) is 1. The molecule has 7 nitrogen and oxygen atoms in total. The topological polar surface area (TPSA) is 84.9 Å². The summed E-state index contributed by atoms with van der Waals surface area (Å²) in [6.45, 7) is 4.32. The fraction of sp³-hybridized carbons (Fsp3) is 0.323. The van der Waals surface area contributed by atoms with Crippen molar-refractivity contribution in [2.24, 2.45) is 11.8 Å². The Bertz CT molecular complexity index is 1120. The molecule has 1 N–H and O–H groups in total. The second-order valence-corrected chi connectivity index (χ2v) is 9.63. The SMILES string of the molecule is CC(C)C[C@@H](NC(=O)C(Cc1ccccc1)CN(C=O)OCc1ccccc1)C(=O)OCc1ccccc1. The molecule has 0 fully saturated rings. The number of hydrogen-bond donors (Lipinski definition) is 1. The van der Waals surface area contributed by atoms with Gasteiger partial charge in [-0.25, -0.2) is 9.86 Å². The summed E-state index contributed by atoms with van der Waals surface area (Å²) in [7, 11) is 0. The molecule has 0 saturated carbocycles. The first kappa shape index (κ1) is 28.6. The Morgan fingerprint density at radius 3 is 1.87 bits per heavy atom. The number of nitrogens with one attached hydrogen (secondary N) is 1. The van der Waals surface area contributed by atoms with Gasteiger partial charge in [-0.15, -0.1) is 0 Å². The molecule has 0 aliphatic carbocycles. The Labute approximate surface area is 224 Å². The highest BCUT2D eigenvalue weighted by molar-refractivity contribution is 5.86. The third-order valence-electron chi connectivity index (χ3n) is 5.99. The van der Waals surface area contributed by atoms with Crippen LogP contribution in [0.4, 0.5) is 0 Å². The maximum absolute atomic E-state index is 13.5. The molecule has 0 saturated heterocycles. The molecule has 38 heavy (non-hydrogen) atoms. The van der Waals surface area contributed by atoms with Crippen LogP contribution in [0.1, 0.15) is 37.0 Å². The van der Waals surface area contributed by atoms with Gasteiger partial charge in [0.1, 0.15) is 19.3 Å². The van der Waals surface area contributed by atoms with Crippen LogP contribution >= 0.6 is 0 Å². The fourth-order valence-corrected chi connectivity index (χ4v) is 4.02. The van der Waals surface area contributed by atoms with Crippen LogP contribution in [0, 0.1) is 11.8 Å². The summed E-state index contributed by atoms with van der Waals surface area (Å²) in [5.74, 6) is -1.32. The standard InChI is InChI=1S/C31H36N2O5/c1-24(2)18-29(31(36)37-21-26-14-8-4-9-15-26)32-30(35)28(19-25-12-6-3-7-13-25)20-33(23-34)38-22-27-16-10-5-11-17-27/h3-17,23-24,28-29H,18-22H2,1-2H3,(H,32,35)/t28?,29-/m1/s1. The van der Waals surface area contributed by atoms with Gasteiger partial charge in [0.25, 0.3) is 0 Å². The predicted octanol–water partition coefficient (Wildman–Crippen LogP) is 4.71. The molecule has 0 aliphatic heterocycles. The summed E-state index contributed by atoms with van der Waals surface area (Å²) in [5, 5.41) is 4.04. The first-order chi connectivity index (χ1) is 18.4. The van der Waals surface area contributed by atoms with Crippen molar-refractivity contribution < 1.29 is 24.0 Å². The zero-order valence-corrected chi connectivity index (χ0v) is 22.0. The normalized spacial score (nSPS) is 12.4. The average Bonchev–Trinajstić information content (AvgIpc) is 2.94. The summed E-state index contributed by atoms with van der Waals surface area (Å²) in [6, 6.07) is 27.6. The molecule has 2 amide bonds. The van der Waals surface area contributed by atoms with Gasteiger partial charge in [-0.3, -0.25) is 14.4 Å². The van der Waals surface area contributed by atoms with E-state index < -0.39 is 17.9 Å². The van der Waals surface area contributed by atoms with Crippen LogP contribution in [-0.2, 0) is 43.6 Å². The van der Waals surface area contributed by atoms with Crippen molar-refractivity contribution in [3.63, 3.8) is 0 Å². The van der Waals surface area contributed by atoms with Crippen molar-refractivity contribution in [2.45, 2.75) is 45.9 Å². The molecule has 7 heteroatoms. The molecule has 0 radical (unpaired) electrons.